The third-order valence-corrected chi connectivity index (χ3v) is 4.04. The molecule has 1 atom stereocenters. The van der Waals surface area contributed by atoms with E-state index in [4.69, 9.17) is 0 Å². The highest BCUT2D eigenvalue weighted by Crippen LogP contribution is 2.33. The van der Waals surface area contributed by atoms with Crippen molar-refractivity contribution in [3.8, 4) is 0 Å². The van der Waals surface area contributed by atoms with Crippen molar-refractivity contribution in [1.29, 1.82) is 0 Å². The van der Waals surface area contributed by atoms with E-state index in [0.717, 1.165) is 0 Å². The second-order valence-corrected chi connectivity index (χ2v) is 5.55. The minimum Gasteiger partial charge on any atom is -0.291 e. The smallest absolute Gasteiger partial charge is 0.291 e. The van der Waals surface area contributed by atoms with Crippen molar-refractivity contribution in [1.82, 2.24) is 4.98 Å². The van der Waals surface area contributed by atoms with Gasteiger partial charge in [-0.15, -0.1) is 0 Å². The average Bonchev–Trinajstić information content (AvgIpc) is 2.70. The van der Waals surface area contributed by atoms with Crippen LogP contribution < -0.4 is 4.90 Å². The zero-order valence-corrected chi connectivity index (χ0v) is 12.3. The standard InChI is InChI=1S/C10H9Br2N3O3/c11-3-6-1-9(16)14(5-6)10-8(15(17)18)2-7(12)4-13-10/h2,4,6H,1,3,5H2. The molecule has 2 heterocycles. The number of anilines is 1. The Hall–Kier alpha value is -1.02. The molecule has 0 N–H and O–H groups in total. The van der Waals surface area contributed by atoms with E-state index in [9.17, 15) is 14.9 Å². The minimum atomic E-state index is -0.526. The highest BCUT2D eigenvalue weighted by molar-refractivity contribution is 9.10. The SMILES string of the molecule is O=C1CC(CBr)CN1c1ncc(Br)cc1[N+](=O)[O-]. The summed E-state index contributed by atoms with van der Waals surface area (Å²) in [7, 11) is 0. The monoisotopic (exact) mass is 377 g/mol. The first-order valence-electron chi connectivity index (χ1n) is 5.19. The summed E-state index contributed by atoms with van der Waals surface area (Å²) in [5.74, 6) is 0.163. The number of alkyl halides is 1. The highest BCUT2D eigenvalue weighted by Gasteiger charge is 2.34. The number of halogens is 2. The Kier molecular flexibility index (Phi) is 3.96. The van der Waals surface area contributed by atoms with Crippen LogP contribution in [-0.4, -0.2) is 27.7 Å². The van der Waals surface area contributed by atoms with E-state index in [1.54, 1.807) is 0 Å². The van der Waals surface area contributed by atoms with Gasteiger partial charge in [-0.2, -0.15) is 0 Å². The number of carbonyl (C=O) groups excluding carboxylic acids is 1. The van der Waals surface area contributed by atoms with Gasteiger partial charge in [0.15, 0.2) is 0 Å². The molecule has 0 bridgehead atoms. The van der Waals surface area contributed by atoms with Gasteiger partial charge in [0.25, 0.3) is 0 Å². The molecule has 1 amide bonds. The summed E-state index contributed by atoms with van der Waals surface area (Å²) in [6.07, 6.45) is 1.84. The van der Waals surface area contributed by atoms with E-state index in [2.05, 4.69) is 36.8 Å². The van der Waals surface area contributed by atoms with Crippen LogP contribution in [0.4, 0.5) is 11.5 Å². The number of nitrogens with zero attached hydrogens (tertiary/aromatic N) is 3. The van der Waals surface area contributed by atoms with Gasteiger partial charge in [0.05, 0.1) is 4.92 Å². The topological polar surface area (TPSA) is 76.3 Å². The van der Waals surface area contributed by atoms with Crippen molar-refractivity contribution in [2.45, 2.75) is 6.42 Å². The lowest BCUT2D eigenvalue weighted by molar-refractivity contribution is -0.384. The molecule has 0 aliphatic carbocycles. The van der Waals surface area contributed by atoms with Crippen LogP contribution in [0.1, 0.15) is 6.42 Å². The number of hydrogen-bond donors (Lipinski definition) is 0. The van der Waals surface area contributed by atoms with E-state index in [1.165, 1.54) is 17.2 Å². The Morgan fingerprint density at radius 3 is 2.89 bits per heavy atom. The molecule has 0 saturated carbocycles. The molecule has 0 spiro atoms. The minimum absolute atomic E-state index is 0.122. The summed E-state index contributed by atoms with van der Waals surface area (Å²) in [5.41, 5.74) is -0.159. The number of nitro groups is 1. The first-order valence-corrected chi connectivity index (χ1v) is 7.10. The van der Waals surface area contributed by atoms with Gasteiger partial charge in [0.1, 0.15) is 0 Å². The van der Waals surface area contributed by atoms with Crippen LogP contribution in [0.25, 0.3) is 0 Å². The average molecular weight is 379 g/mol. The van der Waals surface area contributed by atoms with Gasteiger partial charge < -0.3 is 0 Å². The molecular weight excluding hydrogens is 370 g/mol. The summed E-state index contributed by atoms with van der Waals surface area (Å²) >= 11 is 6.46. The quantitative estimate of drug-likeness (QED) is 0.460. The molecule has 6 nitrogen and oxygen atoms in total. The summed E-state index contributed by atoms with van der Waals surface area (Å²) < 4.78 is 0.515. The molecule has 2 rings (SSSR count). The molecule has 96 valence electrons. The van der Waals surface area contributed by atoms with Crippen LogP contribution in [0.3, 0.4) is 0 Å². The fourth-order valence-corrected chi connectivity index (χ4v) is 2.61. The Morgan fingerprint density at radius 2 is 2.33 bits per heavy atom. The number of pyridine rings is 1. The van der Waals surface area contributed by atoms with Crippen molar-refractivity contribution in [3.63, 3.8) is 0 Å². The summed E-state index contributed by atoms with van der Waals surface area (Å²) in [4.78, 5) is 27.7. The zero-order chi connectivity index (χ0) is 13.3. The van der Waals surface area contributed by atoms with Gasteiger partial charge in [-0.3, -0.25) is 19.8 Å². The van der Waals surface area contributed by atoms with E-state index in [0.29, 0.717) is 22.8 Å². The first-order chi connectivity index (χ1) is 8.52. The predicted molar refractivity (Wildman–Crippen MR) is 72.8 cm³/mol. The molecule has 1 fully saturated rings. The number of carbonyl (C=O) groups is 1. The molecule has 18 heavy (non-hydrogen) atoms. The lowest BCUT2D eigenvalue weighted by Crippen LogP contribution is -2.26. The maximum absolute atomic E-state index is 11.8. The van der Waals surface area contributed by atoms with Gasteiger partial charge in [-0.1, -0.05) is 15.9 Å². The lowest BCUT2D eigenvalue weighted by atomic mass is 10.2. The molecule has 1 aliphatic rings. The van der Waals surface area contributed by atoms with Gasteiger partial charge in [-0.05, 0) is 21.8 Å². The van der Waals surface area contributed by atoms with Gasteiger partial charge in [-0.25, -0.2) is 4.98 Å². The van der Waals surface area contributed by atoms with Crippen molar-refractivity contribution in [2.24, 2.45) is 5.92 Å². The molecule has 1 saturated heterocycles. The van der Waals surface area contributed by atoms with Crippen LogP contribution in [0, 0.1) is 16.0 Å². The largest absolute Gasteiger partial charge is 0.313 e. The second kappa shape index (κ2) is 5.31. The molecule has 1 aliphatic heterocycles. The summed E-state index contributed by atoms with van der Waals surface area (Å²) in [6.45, 7) is 0.458. The lowest BCUT2D eigenvalue weighted by Gasteiger charge is -2.15. The van der Waals surface area contributed by atoms with E-state index in [-0.39, 0.29) is 23.3 Å². The van der Waals surface area contributed by atoms with Crippen molar-refractivity contribution in [2.75, 3.05) is 16.8 Å². The van der Waals surface area contributed by atoms with Crippen LogP contribution in [0.15, 0.2) is 16.7 Å². The van der Waals surface area contributed by atoms with Crippen LogP contribution in [0.5, 0.6) is 0 Å². The highest BCUT2D eigenvalue weighted by atomic mass is 79.9. The van der Waals surface area contributed by atoms with E-state index >= 15 is 0 Å². The Labute approximate surface area is 120 Å². The normalized spacial score (nSPS) is 19.3. The number of hydrogen-bond acceptors (Lipinski definition) is 4. The number of rotatable bonds is 3. The number of amides is 1. The first kappa shape index (κ1) is 13.4. The molecule has 8 heteroatoms. The third-order valence-electron chi connectivity index (χ3n) is 2.69. The Balaban J connectivity index is 2.39. The summed E-state index contributed by atoms with van der Waals surface area (Å²) in [6, 6.07) is 1.36. The van der Waals surface area contributed by atoms with Crippen LogP contribution >= 0.6 is 31.9 Å². The van der Waals surface area contributed by atoms with Crippen LogP contribution in [0.2, 0.25) is 0 Å². The van der Waals surface area contributed by atoms with Gasteiger partial charge in [0, 0.05) is 35.0 Å². The van der Waals surface area contributed by atoms with Gasteiger partial charge in [0.2, 0.25) is 11.7 Å². The maximum atomic E-state index is 11.8. The van der Waals surface area contributed by atoms with E-state index < -0.39 is 4.92 Å². The Morgan fingerprint density at radius 1 is 1.61 bits per heavy atom. The van der Waals surface area contributed by atoms with Crippen molar-refractivity contribution >= 4 is 49.3 Å². The van der Waals surface area contributed by atoms with E-state index in [1.807, 2.05) is 0 Å². The third kappa shape index (κ3) is 2.54. The predicted octanol–water partition coefficient (Wildman–Crippen LogP) is 2.50. The molecule has 1 aromatic heterocycles. The summed E-state index contributed by atoms with van der Waals surface area (Å²) in [5, 5.41) is 11.7. The van der Waals surface area contributed by atoms with Gasteiger partial charge >= 0.3 is 5.69 Å². The fraction of sp³-hybridized carbons (Fsp3) is 0.400. The molecular formula is C10H9Br2N3O3. The Bertz CT molecular complexity index is 509. The van der Waals surface area contributed by atoms with Crippen LogP contribution in [-0.2, 0) is 4.79 Å². The molecule has 1 aromatic rings. The number of aromatic nitrogens is 1. The fourth-order valence-electron chi connectivity index (χ4n) is 1.85. The van der Waals surface area contributed by atoms with Crippen molar-refractivity contribution in [3.05, 3.63) is 26.9 Å². The zero-order valence-electron chi connectivity index (χ0n) is 9.18. The second-order valence-electron chi connectivity index (χ2n) is 3.98. The molecule has 1 unspecified atom stereocenters. The van der Waals surface area contributed by atoms with Crippen molar-refractivity contribution < 1.29 is 9.72 Å². The molecule has 0 radical (unpaired) electrons. The molecule has 0 aromatic carbocycles. The maximum Gasteiger partial charge on any atom is 0.313 e.